The quantitative estimate of drug-likeness (QED) is 0.531. The zero-order valence-electron chi connectivity index (χ0n) is 5.72. The Balaban J connectivity index is 2.03. The highest BCUT2D eigenvalue weighted by molar-refractivity contribution is 5.84. The van der Waals surface area contributed by atoms with E-state index in [1.165, 1.54) is 0 Å². The Morgan fingerprint density at radius 3 is 2.89 bits per heavy atom. The summed E-state index contributed by atoms with van der Waals surface area (Å²) in [4.78, 5) is 10.8. The number of epoxide rings is 1. The Kier molecular flexibility index (Phi) is 2.22. The maximum Gasteiger partial charge on any atom is 0.163 e. The standard InChI is InChI=1S/C7H12O2/c1-2-3-4-6(8)7-5-9-7/h7H,2-5H2,1H3/t7-/m0/s1. The van der Waals surface area contributed by atoms with Crippen LogP contribution in [0.3, 0.4) is 0 Å². The van der Waals surface area contributed by atoms with Gasteiger partial charge in [0.2, 0.25) is 0 Å². The summed E-state index contributed by atoms with van der Waals surface area (Å²) in [6.07, 6.45) is 2.80. The van der Waals surface area contributed by atoms with E-state index < -0.39 is 0 Å². The van der Waals surface area contributed by atoms with Crippen molar-refractivity contribution < 1.29 is 9.53 Å². The third-order valence-corrected chi connectivity index (χ3v) is 1.47. The van der Waals surface area contributed by atoms with Gasteiger partial charge in [0.1, 0.15) is 6.10 Å². The highest BCUT2D eigenvalue weighted by Gasteiger charge is 2.29. The van der Waals surface area contributed by atoms with Crippen LogP contribution in [0.1, 0.15) is 26.2 Å². The summed E-state index contributed by atoms with van der Waals surface area (Å²) in [5, 5.41) is 0. The van der Waals surface area contributed by atoms with Crippen LogP contribution in [0.4, 0.5) is 0 Å². The van der Waals surface area contributed by atoms with Gasteiger partial charge in [-0.3, -0.25) is 4.79 Å². The molecule has 1 heterocycles. The lowest BCUT2D eigenvalue weighted by Crippen LogP contribution is -2.05. The first-order chi connectivity index (χ1) is 4.34. The van der Waals surface area contributed by atoms with Crippen LogP contribution >= 0.6 is 0 Å². The minimum atomic E-state index is -0.0171. The summed E-state index contributed by atoms with van der Waals surface area (Å²) in [5.74, 6) is 0.289. The summed E-state index contributed by atoms with van der Waals surface area (Å²) in [6, 6.07) is 0. The van der Waals surface area contributed by atoms with Crippen LogP contribution in [0.25, 0.3) is 0 Å². The van der Waals surface area contributed by atoms with Gasteiger partial charge in [0.05, 0.1) is 6.61 Å². The fourth-order valence-corrected chi connectivity index (χ4v) is 0.746. The largest absolute Gasteiger partial charge is 0.365 e. The van der Waals surface area contributed by atoms with Gasteiger partial charge in [0.25, 0.3) is 0 Å². The Morgan fingerprint density at radius 2 is 2.44 bits per heavy atom. The van der Waals surface area contributed by atoms with Crippen molar-refractivity contribution in [2.75, 3.05) is 6.61 Å². The molecule has 0 aliphatic carbocycles. The number of unbranched alkanes of at least 4 members (excludes halogenated alkanes) is 1. The van der Waals surface area contributed by atoms with Crippen LogP contribution in [0.15, 0.2) is 0 Å². The molecule has 0 saturated carbocycles. The zero-order chi connectivity index (χ0) is 6.69. The second-order valence-corrected chi connectivity index (χ2v) is 2.39. The number of carbonyl (C=O) groups is 1. The van der Waals surface area contributed by atoms with Crippen LogP contribution in [0.5, 0.6) is 0 Å². The summed E-state index contributed by atoms with van der Waals surface area (Å²) >= 11 is 0. The van der Waals surface area contributed by atoms with Crippen LogP contribution in [0.2, 0.25) is 0 Å². The van der Waals surface area contributed by atoms with Crippen molar-refractivity contribution in [3.8, 4) is 0 Å². The summed E-state index contributed by atoms with van der Waals surface area (Å²) < 4.78 is 4.82. The van der Waals surface area contributed by atoms with E-state index in [-0.39, 0.29) is 11.9 Å². The molecule has 1 aliphatic rings. The molecule has 2 heteroatoms. The molecule has 0 aromatic rings. The summed E-state index contributed by atoms with van der Waals surface area (Å²) in [6.45, 7) is 2.75. The van der Waals surface area contributed by atoms with E-state index in [9.17, 15) is 4.79 Å². The average Bonchev–Trinajstić information content (AvgIpc) is 2.63. The van der Waals surface area contributed by atoms with Crippen LogP contribution in [0, 0.1) is 0 Å². The first kappa shape index (κ1) is 6.75. The molecule has 0 amide bonds. The highest BCUT2D eigenvalue weighted by Crippen LogP contribution is 2.13. The average molecular weight is 128 g/mol. The molecule has 0 spiro atoms. The van der Waals surface area contributed by atoms with Crippen LogP contribution < -0.4 is 0 Å². The predicted octanol–water partition coefficient (Wildman–Crippen LogP) is 1.14. The number of Topliss-reactive ketones (excluding diaryl/α,β-unsaturated/α-hetero) is 1. The molecule has 0 bridgehead atoms. The van der Waals surface area contributed by atoms with E-state index in [0.717, 1.165) is 12.8 Å². The third kappa shape index (κ3) is 2.14. The predicted molar refractivity (Wildman–Crippen MR) is 34.3 cm³/mol. The van der Waals surface area contributed by atoms with Gasteiger partial charge in [0, 0.05) is 6.42 Å². The van der Waals surface area contributed by atoms with Gasteiger partial charge in [-0.1, -0.05) is 13.3 Å². The van der Waals surface area contributed by atoms with Gasteiger partial charge < -0.3 is 4.74 Å². The first-order valence-electron chi connectivity index (χ1n) is 3.49. The van der Waals surface area contributed by atoms with E-state index >= 15 is 0 Å². The number of hydrogen-bond donors (Lipinski definition) is 0. The minimum absolute atomic E-state index is 0.0171. The second kappa shape index (κ2) is 2.97. The Hall–Kier alpha value is -0.370. The summed E-state index contributed by atoms with van der Waals surface area (Å²) in [5.41, 5.74) is 0. The smallest absolute Gasteiger partial charge is 0.163 e. The van der Waals surface area contributed by atoms with Crippen molar-refractivity contribution >= 4 is 5.78 Å². The lowest BCUT2D eigenvalue weighted by atomic mass is 10.1. The third-order valence-electron chi connectivity index (χ3n) is 1.47. The maximum atomic E-state index is 10.8. The van der Waals surface area contributed by atoms with Crippen molar-refractivity contribution in [3.05, 3.63) is 0 Å². The van der Waals surface area contributed by atoms with Gasteiger partial charge in [-0.2, -0.15) is 0 Å². The molecule has 1 saturated heterocycles. The molecule has 2 nitrogen and oxygen atoms in total. The van der Waals surface area contributed by atoms with E-state index in [1.807, 2.05) is 0 Å². The zero-order valence-corrected chi connectivity index (χ0v) is 5.72. The van der Waals surface area contributed by atoms with Gasteiger partial charge in [-0.05, 0) is 6.42 Å². The molecule has 0 unspecified atom stereocenters. The lowest BCUT2D eigenvalue weighted by molar-refractivity contribution is -0.120. The van der Waals surface area contributed by atoms with E-state index in [0.29, 0.717) is 13.0 Å². The van der Waals surface area contributed by atoms with Crippen molar-refractivity contribution in [3.63, 3.8) is 0 Å². The monoisotopic (exact) mass is 128 g/mol. The van der Waals surface area contributed by atoms with E-state index in [4.69, 9.17) is 4.74 Å². The minimum Gasteiger partial charge on any atom is -0.365 e. The number of rotatable bonds is 4. The van der Waals surface area contributed by atoms with E-state index in [1.54, 1.807) is 0 Å². The molecule has 1 atom stereocenters. The molecule has 0 aromatic heterocycles. The summed E-state index contributed by atoms with van der Waals surface area (Å²) in [7, 11) is 0. The second-order valence-electron chi connectivity index (χ2n) is 2.39. The van der Waals surface area contributed by atoms with Gasteiger partial charge in [-0.25, -0.2) is 0 Å². The Morgan fingerprint density at radius 1 is 1.78 bits per heavy atom. The molecule has 0 radical (unpaired) electrons. The number of ketones is 1. The highest BCUT2D eigenvalue weighted by atomic mass is 16.6. The molecule has 1 rings (SSSR count). The van der Waals surface area contributed by atoms with Crippen LogP contribution in [-0.4, -0.2) is 18.5 Å². The number of ether oxygens (including phenoxy) is 1. The Bertz CT molecular complexity index is 105. The van der Waals surface area contributed by atoms with Gasteiger partial charge in [0.15, 0.2) is 5.78 Å². The molecule has 1 fully saturated rings. The maximum absolute atomic E-state index is 10.8. The normalized spacial score (nSPS) is 23.9. The van der Waals surface area contributed by atoms with E-state index in [2.05, 4.69) is 6.92 Å². The van der Waals surface area contributed by atoms with Crippen LogP contribution in [-0.2, 0) is 9.53 Å². The SMILES string of the molecule is CCCCC(=O)[C@@H]1CO1. The topological polar surface area (TPSA) is 29.6 Å². The lowest BCUT2D eigenvalue weighted by Gasteiger charge is -1.91. The molecule has 9 heavy (non-hydrogen) atoms. The number of carbonyl (C=O) groups excluding carboxylic acids is 1. The molecular weight excluding hydrogens is 116 g/mol. The molecule has 0 N–H and O–H groups in total. The molecule has 1 aliphatic heterocycles. The van der Waals surface area contributed by atoms with Crippen molar-refractivity contribution in [1.82, 2.24) is 0 Å². The van der Waals surface area contributed by atoms with Gasteiger partial charge >= 0.3 is 0 Å². The van der Waals surface area contributed by atoms with Gasteiger partial charge in [-0.15, -0.1) is 0 Å². The fraction of sp³-hybridized carbons (Fsp3) is 0.857. The first-order valence-corrected chi connectivity index (χ1v) is 3.49. The van der Waals surface area contributed by atoms with Crippen molar-refractivity contribution in [2.24, 2.45) is 0 Å². The van der Waals surface area contributed by atoms with Crippen molar-refractivity contribution in [2.45, 2.75) is 32.3 Å². The molecule has 0 aromatic carbocycles. The molecule has 52 valence electrons. The number of hydrogen-bond acceptors (Lipinski definition) is 2. The molecular formula is C7H12O2. The Labute approximate surface area is 55.2 Å². The fourth-order valence-electron chi connectivity index (χ4n) is 0.746. The van der Waals surface area contributed by atoms with Crippen molar-refractivity contribution in [1.29, 1.82) is 0 Å².